The summed E-state index contributed by atoms with van der Waals surface area (Å²) in [6.07, 6.45) is -3.25. The number of aliphatic hydroxyl groups is 1. The Morgan fingerprint density at radius 1 is 1.15 bits per heavy atom. The van der Waals surface area contributed by atoms with Crippen molar-refractivity contribution in [2.75, 3.05) is 23.0 Å². The summed E-state index contributed by atoms with van der Waals surface area (Å²) in [5.74, 6) is -0.183. The summed E-state index contributed by atoms with van der Waals surface area (Å²) < 4.78 is 23.5. The molecule has 8 N–H and O–H groups in total. The molecule has 0 bridgehead atoms. The monoisotopic (exact) mass is 571 g/mol. The van der Waals surface area contributed by atoms with Crippen LogP contribution in [0.25, 0.3) is 22.3 Å². The molecule has 16 heteroatoms. The molecule has 3 atom stereocenters. The van der Waals surface area contributed by atoms with E-state index in [0.717, 1.165) is 11.1 Å². The zero-order valence-electron chi connectivity index (χ0n) is 21.0. The Hall–Kier alpha value is -4.11. The highest BCUT2D eigenvalue weighted by atomic mass is 31.2. The number of ether oxygens (including phenoxy) is 1. The number of fused-ring (bicyclic) bond motifs is 1. The fourth-order valence-corrected chi connectivity index (χ4v) is 5.07. The van der Waals surface area contributed by atoms with Crippen LogP contribution in [0.3, 0.4) is 0 Å². The Balaban J connectivity index is 1.46. The van der Waals surface area contributed by atoms with Crippen LogP contribution in [0.4, 0.5) is 23.3 Å². The number of H-pyrrole nitrogens is 1. The maximum Gasteiger partial charge on any atom is 0.469 e. The Labute approximate surface area is 226 Å². The molecule has 210 valence electrons. The molecule has 1 fully saturated rings. The molecule has 2 aromatic heterocycles. The van der Waals surface area contributed by atoms with Crippen LogP contribution in [-0.2, 0) is 18.6 Å². The molecular weight excluding hydrogens is 545 g/mol. The zero-order valence-corrected chi connectivity index (χ0v) is 21.9. The van der Waals surface area contributed by atoms with Gasteiger partial charge in [-0.05, 0) is 35.4 Å². The summed E-state index contributed by atoms with van der Waals surface area (Å²) in [4.78, 5) is 53.3. The van der Waals surface area contributed by atoms with Gasteiger partial charge >= 0.3 is 7.82 Å². The van der Waals surface area contributed by atoms with Gasteiger partial charge in [0.1, 0.15) is 18.4 Å². The van der Waals surface area contributed by atoms with E-state index in [1.165, 1.54) is 11.5 Å². The van der Waals surface area contributed by atoms with Gasteiger partial charge in [-0.3, -0.25) is 23.7 Å². The van der Waals surface area contributed by atoms with Crippen molar-refractivity contribution in [2.45, 2.75) is 31.8 Å². The number of anilines is 4. The summed E-state index contributed by atoms with van der Waals surface area (Å²) in [6, 6.07) is 14.7. The highest BCUT2D eigenvalue weighted by Crippen LogP contribution is 2.44. The highest BCUT2D eigenvalue weighted by molar-refractivity contribution is 7.46. The number of nitrogen functional groups attached to an aromatic ring is 1. The number of amides is 1. The number of nitrogens with zero attached hydrogens (tertiary/aromatic N) is 3. The van der Waals surface area contributed by atoms with Crippen molar-refractivity contribution in [1.82, 2.24) is 19.5 Å². The number of aromatic amines is 1. The van der Waals surface area contributed by atoms with Crippen molar-refractivity contribution in [3.8, 4) is 11.1 Å². The molecule has 40 heavy (non-hydrogen) atoms. The van der Waals surface area contributed by atoms with Crippen molar-refractivity contribution < 1.29 is 33.5 Å². The molecule has 3 heterocycles. The van der Waals surface area contributed by atoms with E-state index in [9.17, 15) is 29.0 Å². The third-order valence-corrected chi connectivity index (χ3v) is 6.72. The Kier molecular flexibility index (Phi) is 7.42. The summed E-state index contributed by atoms with van der Waals surface area (Å²) in [5.41, 5.74) is 8.30. The van der Waals surface area contributed by atoms with Crippen LogP contribution in [0, 0.1) is 0 Å². The predicted octanol–water partition coefficient (Wildman–Crippen LogP) is 1.83. The van der Waals surface area contributed by atoms with Gasteiger partial charge in [0.2, 0.25) is 17.8 Å². The van der Waals surface area contributed by atoms with Crippen molar-refractivity contribution >= 4 is 48.2 Å². The minimum Gasteiger partial charge on any atom is -0.394 e. The van der Waals surface area contributed by atoms with Crippen LogP contribution < -0.4 is 21.9 Å². The van der Waals surface area contributed by atoms with E-state index in [4.69, 9.17) is 15.0 Å². The van der Waals surface area contributed by atoms with Crippen LogP contribution in [0.1, 0.15) is 19.6 Å². The van der Waals surface area contributed by atoms with E-state index in [2.05, 4.69) is 25.6 Å². The molecule has 1 aliphatic rings. The number of hydrogen-bond acceptors (Lipinski definition) is 10. The number of nitrogens with two attached hydrogens (primary N) is 1. The van der Waals surface area contributed by atoms with Gasteiger partial charge in [0, 0.05) is 24.7 Å². The smallest absolute Gasteiger partial charge is 0.394 e. The molecule has 0 aliphatic carbocycles. The van der Waals surface area contributed by atoms with Crippen LogP contribution in [0.2, 0.25) is 0 Å². The van der Waals surface area contributed by atoms with E-state index >= 15 is 0 Å². The van der Waals surface area contributed by atoms with Gasteiger partial charge in [-0.1, -0.05) is 24.3 Å². The predicted molar refractivity (Wildman–Crippen MR) is 145 cm³/mol. The molecule has 5 rings (SSSR count). The van der Waals surface area contributed by atoms with Gasteiger partial charge in [0.15, 0.2) is 11.2 Å². The van der Waals surface area contributed by atoms with E-state index in [-0.39, 0.29) is 35.4 Å². The van der Waals surface area contributed by atoms with E-state index < -0.39 is 38.4 Å². The Morgan fingerprint density at radius 3 is 2.35 bits per heavy atom. The third-order valence-electron chi connectivity index (χ3n) is 6.17. The SMILES string of the molecule is CC(=O)Nc1ccc(-c2ccc(Nc3nc4c(=O)[nH]c(N)nc4n3[C@H]3C[C@H](OP(=O)(O)O)[C@@H](CO)O3)cc2)cc1. The number of carbonyl (C=O) groups is 1. The Bertz CT molecular complexity index is 1650. The molecule has 2 aromatic carbocycles. The minimum atomic E-state index is -4.88. The lowest BCUT2D eigenvalue weighted by molar-refractivity contribution is -0.114. The van der Waals surface area contributed by atoms with Crippen molar-refractivity contribution in [3.63, 3.8) is 0 Å². The van der Waals surface area contributed by atoms with Crippen LogP contribution in [0.5, 0.6) is 0 Å². The van der Waals surface area contributed by atoms with Gasteiger partial charge < -0.3 is 36.0 Å². The van der Waals surface area contributed by atoms with Gasteiger partial charge in [-0.2, -0.15) is 4.98 Å². The molecule has 1 saturated heterocycles. The average molecular weight is 571 g/mol. The molecular formula is C24H26N7O8P. The number of benzene rings is 2. The average Bonchev–Trinajstić information content (AvgIpc) is 3.44. The number of imidazole rings is 1. The molecule has 0 saturated carbocycles. The second-order valence-electron chi connectivity index (χ2n) is 9.07. The lowest BCUT2D eigenvalue weighted by Gasteiger charge is -2.17. The number of phosphoric acid groups is 1. The number of aromatic nitrogens is 4. The summed E-state index contributed by atoms with van der Waals surface area (Å²) in [7, 11) is -4.88. The lowest BCUT2D eigenvalue weighted by Crippen LogP contribution is -2.26. The normalized spacial score (nSPS) is 19.1. The van der Waals surface area contributed by atoms with E-state index in [1.807, 2.05) is 24.3 Å². The summed E-state index contributed by atoms with van der Waals surface area (Å²) in [5, 5.41) is 15.6. The summed E-state index contributed by atoms with van der Waals surface area (Å²) in [6.45, 7) is 0.868. The molecule has 4 aromatic rings. The largest absolute Gasteiger partial charge is 0.469 e. The second kappa shape index (κ2) is 10.8. The zero-order chi connectivity index (χ0) is 28.6. The number of carbonyl (C=O) groups excluding carboxylic acids is 1. The van der Waals surface area contributed by atoms with Crippen molar-refractivity contribution in [2.24, 2.45) is 0 Å². The van der Waals surface area contributed by atoms with Gasteiger partial charge in [-0.15, -0.1) is 0 Å². The van der Waals surface area contributed by atoms with E-state index in [0.29, 0.717) is 11.4 Å². The quantitative estimate of drug-likeness (QED) is 0.150. The number of phosphoric ester groups is 1. The van der Waals surface area contributed by atoms with Gasteiger partial charge in [-0.25, -0.2) is 9.55 Å². The molecule has 1 aliphatic heterocycles. The maximum absolute atomic E-state index is 12.6. The topological polar surface area (TPSA) is 227 Å². The first kappa shape index (κ1) is 27.5. The van der Waals surface area contributed by atoms with Gasteiger partial charge in [0.25, 0.3) is 5.56 Å². The van der Waals surface area contributed by atoms with Crippen molar-refractivity contribution in [3.05, 3.63) is 58.9 Å². The first-order chi connectivity index (χ1) is 19.0. The molecule has 0 radical (unpaired) electrons. The fraction of sp³-hybridized carbons (Fsp3) is 0.250. The lowest BCUT2D eigenvalue weighted by atomic mass is 10.1. The number of rotatable bonds is 8. The fourth-order valence-electron chi connectivity index (χ4n) is 4.50. The van der Waals surface area contributed by atoms with E-state index in [1.54, 1.807) is 24.3 Å². The Morgan fingerprint density at radius 2 is 1.77 bits per heavy atom. The standard InChI is InChI=1S/C24H26N7O8P/c1-12(33)26-15-6-2-13(3-7-15)14-4-8-16(9-5-14)27-24-28-20-21(29-23(25)30-22(20)34)31(24)19-10-17(18(11-32)38-19)39-40(35,36)37/h2-9,17-19,32H,10-11H2,1H3,(H,26,33)(H,27,28)(H2,35,36,37)(H3,25,29,30,34)/t17-,18+,19+/m0/s1. The number of aliphatic hydroxyl groups excluding tert-OH is 1. The number of nitrogens with one attached hydrogen (secondary N) is 3. The molecule has 15 nitrogen and oxygen atoms in total. The number of hydrogen-bond donors (Lipinski definition) is 7. The first-order valence-corrected chi connectivity index (χ1v) is 13.6. The third kappa shape index (κ3) is 5.89. The first-order valence-electron chi connectivity index (χ1n) is 12.0. The molecule has 0 unspecified atom stereocenters. The highest BCUT2D eigenvalue weighted by Gasteiger charge is 2.42. The van der Waals surface area contributed by atoms with Crippen LogP contribution >= 0.6 is 7.82 Å². The second-order valence-corrected chi connectivity index (χ2v) is 10.3. The van der Waals surface area contributed by atoms with Gasteiger partial charge in [0.05, 0.1) is 6.61 Å². The maximum atomic E-state index is 12.6. The summed E-state index contributed by atoms with van der Waals surface area (Å²) >= 11 is 0. The van der Waals surface area contributed by atoms with Crippen LogP contribution in [-0.4, -0.2) is 59.1 Å². The minimum absolute atomic E-state index is 0.0453. The van der Waals surface area contributed by atoms with Crippen LogP contribution in [0.15, 0.2) is 53.3 Å². The van der Waals surface area contributed by atoms with Crippen molar-refractivity contribution in [1.29, 1.82) is 0 Å². The molecule has 0 spiro atoms. The molecule has 1 amide bonds.